The highest BCUT2D eigenvalue weighted by Gasteiger charge is 2.20. The van der Waals surface area contributed by atoms with E-state index in [2.05, 4.69) is 0 Å². The molecule has 3 N–H and O–H groups in total. The fourth-order valence-corrected chi connectivity index (χ4v) is 2.87. The minimum Gasteiger partial charge on any atom is -0.398 e. The van der Waals surface area contributed by atoms with Crippen LogP contribution in [0.3, 0.4) is 0 Å². The number of sulfonamides is 1. The molecule has 0 radical (unpaired) electrons. The van der Waals surface area contributed by atoms with Gasteiger partial charge in [0, 0.05) is 5.56 Å². The summed E-state index contributed by atoms with van der Waals surface area (Å²) in [7, 11) is -3.67. The molecule has 1 unspecified atom stereocenters. The second-order valence-electron chi connectivity index (χ2n) is 5.44. The summed E-state index contributed by atoms with van der Waals surface area (Å²) in [5.74, 6) is -2.09. The Morgan fingerprint density at radius 2 is 1.92 bits per heavy atom. The second-order valence-corrected chi connectivity index (χ2v) is 7.59. The van der Waals surface area contributed by atoms with Crippen molar-refractivity contribution in [1.82, 2.24) is 4.72 Å². The van der Waals surface area contributed by atoms with E-state index >= 15 is 0 Å². The van der Waals surface area contributed by atoms with Crippen LogP contribution in [0.15, 0.2) is 36.4 Å². The smallest absolute Gasteiger partial charge is 0.240 e. The Balaban J connectivity index is 2.32. The Labute approximate surface area is 144 Å². The highest BCUT2D eigenvalue weighted by atomic mass is 35.5. The summed E-state index contributed by atoms with van der Waals surface area (Å²) in [6, 6.07) is 9.04. The van der Waals surface area contributed by atoms with E-state index in [0.717, 1.165) is 6.26 Å². The molecule has 8 heteroatoms. The van der Waals surface area contributed by atoms with E-state index in [9.17, 15) is 17.6 Å². The Bertz CT molecular complexity index is 900. The summed E-state index contributed by atoms with van der Waals surface area (Å²) in [6.45, 7) is 1.50. The van der Waals surface area contributed by atoms with Gasteiger partial charge in [-0.2, -0.15) is 0 Å². The number of carbonyl (C=O) groups excluding carboxylic acids is 1. The van der Waals surface area contributed by atoms with Gasteiger partial charge in [0.1, 0.15) is 5.82 Å². The van der Waals surface area contributed by atoms with Gasteiger partial charge in [-0.15, -0.1) is 0 Å². The van der Waals surface area contributed by atoms with Crippen molar-refractivity contribution in [2.45, 2.75) is 12.8 Å². The number of nitrogens with two attached hydrogens (primary N) is 1. The topological polar surface area (TPSA) is 89.3 Å². The van der Waals surface area contributed by atoms with Crippen LogP contribution < -0.4 is 10.5 Å². The molecule has 5 nitrogen and oxygen atoms in total. The van der Waals surface area contributed by atoms with E-state index in [-0.39, 0.29) is 0 Å². The third-order valence-corrected chi connectivity index (χ3v) is 4.38. The summed E-state index contributed by atoms with van der Waals surface area (Å²) in [6.07, 6.45) is 0.881. The monoisotopic (exact) mass is 370 g/mol. The van der Waals surface area contributed by atoms with Crippen molar-refractivity contribution < 1.29 is 17.6 Å². The lowest BCUT2D eigenvalue weighted by molar-refractivity contribution is -0.120. The maximum Gasteiger partial charge on any atom is 0.240 e. The summed E-state index contributed by atoms with van der Waals surface area (Å²) in [4.78, 5) is 11.9. The highest BCUT2D eigenvalue weighted by Crippen LogP contribution is 2.30. The Kier molecular flexibility index (Phi) is 5.15. The highest BCUT2D eigenvalue weighted by molar-refractivity contribution is 7.89. The predicted octanol–water partition coefficient (Wildman–Crippen LogP) is 2.91. The lowest BCUT2D eigenvalue weighted by atomic mass is 9.96. The molecule has 2 rings (SSSR count). The molecule has 0 fully saturated rings. The van der Waals surface area contributed by atoms with Crippen LogP contribution >= 0.6 is 11.6 Å². The first kappa shape index (κ1) is 18.2. The zero-order valence-corrected chi connectivity index (χ0v) is 14.6. The second kappa shape index (κ2) is 6.78. The van der Waals surface area contributed by atoms with Gasteiger partial charge in [0.2, 0.25) is 15.9 Å². The molecule has 1 amide bonds. The summed E-state index contributed by atoms with van der Waals surface area (Å²) < 4.78 is 38.5. The number of benzene rings is 2. The standard InChI is InChI=1S/C16H16ClFN2O3S/c1-9(16(21)20-24(2,22)23)10-3-5-12(14(18)8-10)11-4-6-15(19)13(17)7-11/h3-9H,19H2,1-2H3,(H,20,21). The zero-order valence-electron chi connectivity index (χ0n) is 13.0. The molecule has 24 heavy (non-hydrogen) atoms. The average Bonchev–Trinajstić information content (AvgIpc) is 2.47. The molecule has 0 heterocycles. The SMILES string of the molecule is CC(C(=O)NS(C)(=O)=O)c1ccc(-c2ccc(N)c(Cl)c2)c(F)c1. The number of hydrogen-bond acceptors (Lipinski definition) is 4. The van der Waals surface area contributed by atoms with Crippen LogP contribution in [0.25, 0.3) is 11.1 Å². The molecule has 0 aliphatic carbocycles. The number of halogens is 2. The molecule has 0 spiro atoms. The number of amides is 1. The number of carbonyl (C=O) groups is 1. The molecular formula is C16H16ClFN2O3S. The van der Waals surface area contributed by atoms with E-state index in [0.29, 0.717) is 27.4 Å². The van der Waals surface area contributed by atoms with Gasteiger partial charge in [-0.25, -0.2) is 12.8 Å². The molecule has 0 aliphatic heterocycles. The average molecular weight is 371 g/mol. The normalized spacial score (nSPS) is 12.7. The van der Waals surface area contributed by atoms with Crippen LogP contribution in [0, 0.1) is 5.82 Å². The summed E-state index contributed by atoms with van der Waals surface area (Å²) >= 11 is 5.94. The molecule has 0 saturated heterocycles. The minimum atomic E-state index is -3.67. The van der Waals surface area contributed by atoms with E-state index in [1.54, 1.807) is 24.3 Å². The Morgan fingerprint density at radius 3 is 2.46 bits per heavy atom. The van der Waals surface area contributed by atoms with Gasteiger partial charge in [-0.05, 0) is 36.2 Å². The first-order valence-corrected chi connectivity index (χ1v) is 9.22. The van der Waals surface area contributed by atoms with Gasteiger partial charge < -0.3 is 5.73 Å². The quantitative estimate of drug-likeness (QED) is 0.810. The predicted molar refractivity (Wildman–Crippen MR) is 92.7 cm³/mol. The van der Waals surface area contributed by atoms with Crippen LogP contribution in [0.2, 0.25) is 5.02 Å². The number of nitrogens with one attached hydrogen (secondary N) is 1. The van der Waals surface area contributed by atoms with E-state index in [1.165, 1.54) is 19.1 Å². The maximum absolute atomic E-state index is 14.4. The van der Waals surface area contributed by atoms with Crippen LogP contribution in [0.4, 0.5) is 10.1 Å². The molecule has 0 bridgehead atoms. The largest absolute Gasteiger partial charge is 0.398 e. The van der Waals surface area contributed by atoms with Crippen molar-refractivity contribution in [3.05, 3.63) is 52.8 Å². The molecule has 0 aromatic heterocycles. The molecule has 2 aromatic rings. The summed E-state index contributed by atoms with van der Waals surface area (Å²) in [5.41, 5.74) is 7.24. The first-order chi connectivity index (χ1) is 11.1. The van der Waals surface area contributed by atoms with Crippen molar-refractivity contribution in [2.75, 3.05) is 12.0 Å². The summed E-state index contributed by atoms with van der Waals surface area (Å²) in [5, 5.41) is 0.317. The van der Waals surface area contributed by atoms with Crippen molar-refractivity contribution in [3.8, 4) is 11.1 Å². The number of rotatable bonds is 4. The van der Waals surface area contributed by atoms with E-state index in [1.807, 2.05) is 4.72 Å². The molecule has 2 aromatic carbocycles. The zero-order chi connectivity index (χ0) is 18.1. The van der Waals surface area contributed by atoms with Crippen molar-refractivity contribution >= 4 is 33.2 Å². The van der Waals surface area contributed by atoms with Crippen LogP contribution in [0.5, 0.6) is 0 Å². The van der Waals surface area contributed by atoms with Crippen LogP contribution in [0.1, 0.15) is 18.4 Å². The van der Waals surface area contributed by atoms with Gasteiger partial charge in [-0.3, -0.25) is 9.52 Å². The fourth-order valence-electron chi connectivity index (χ4n) is 2.15. The van der Waals surface area contributed by atoms with Crippen molar-refractivity contribution in [2.24, 2.45) is 0 Å². The van der Waals surface area contributed by atoms with Gasteiger partial charge in [0.15, 0.2) is 0 Å². The fraction of sp³-hybridized carbons (Fsp3) is 0.188. The molecule has 0 aliphatic rings. The van der Waals surface area contributed by atoms with Gasteiger partial charge in [0.25, 0.3) is 0 Å². The molecule has 1 atom stereocenters. The maximum atomic E-state index is 14.4. The van der Waals surface area contributed by atoms with Crippen molar-refractivity contribution in [1.29, 1.82) is 0 Å². The molecule has 128 valence electrons. The number of anilines is 1. The van der Waals surface area contributed by atoms with E-state index < -0.39 is 27.7 Å². The lowest BCUT2D eigenvalue weighted by Crippen LogP contribution is -2.32. The third-order valence-electron chi connectivity index (χ3n) is 3.48. The van der Waals surface area contributed by atoms with E-state index in [4.69, 9.17) is 17.3 Å². The van der Waals surface area contributed by atoms with Crippen LogP contribution in [-0.2, 0) is 14.8 Å². The lowest BCUT2D eigenvalue weighted by Gasteiger charge is -2.13. The van der Waals surface area contributed by atoms with Gasteiger partial charge in [0.05, 0.1) is 22.9 Å². The molecule has 0 saturated carbocycles. The molecular weight excluding hydrogens is 355 g/mol. The van der Waals surface area contributed by atoms with Gasteiger partial charge >= 0.3 is 0 Å². The minimum absolute atomic E-state index is 0.302. The number of hydrogen-bond donors (Lipinski definition) is 2. The number of nitrogen functional groups attached to an aromatic ring is 1. The van der Waals surface area contributed by atoms with Crippen LogP contribution in [-0.4, -0.2) is 20.6 Å². The first-order valence-electron chi connectivity index (χ1n) is 6.95. The van der Waals surface area contributed by atoms with Gasteiger partial charge in [-0.1, -0.05) is 29.8 Å². The Hall–Kier alpha value is -2.12. The Morgan fingerprint density at radius 1 is 1.25 bits per heavy atom. The van der Waals surface area contributed by atoms with Crippen molar-refractivity contribution in [3.63, 3.8) is 0 Å². The third kappa shape index (κ3) is 4.24.